The van der Waals surface area contributed by atoms with Crippen molar-refractivity contribution in [3.63, 3.8) is 0 Å². The van der Waals surface area contributed by atoms with Crippen LogP contribution in [0.3, 0.4) is 0 Å². The molecule has 4 unspecified atom stereocenters. The van der Waals surface area contributed by atoms with E-state index in [1.165, 1.54) is 12.0 Å². The Morgan fingerprint density at radius 1 is 1.12 bits per heavy atom. The van der Waals surface area contributed by atoms with Gasteiger partial charge in [-0.15, -0.1) is 0 Å². The third-order valence-corrected chi connectivity index (χ3v) is 6.15. The Morgan fingerprint density at radius 2 is 1.88 bits per heavy atom. The van der Waals surface area contributed by atoms with Gasteiger partial charge in [-0.1, -0.05) is 37.3 Å². The number of thioether (sulfide) groups is 1. The van der Waals surface area contributed by atoms with Gasteiger partial charge < -0.3 is 15.4 Å². The van der Waals surface area contributed by atoms with Crippen LogP contribution in [0, 0.1) is 0 Å². The molecule has 2 fully saturated rings. The highest BCUT2D eigenvalue weighted by Gasteiger charge is 2.28. The lowest BCUT2D eigenvalue weighted by Gasteiger charge is -2.30. The average molecular weight is 349 g/mol. The third-order valence-electron chi connectivity index (χ3n) is 4.91. The van der Waals surface area contributed by atoms with Crippen molar-refractivity contribution in [1.82, 2.24) is 10.6 Å². The molecule has 5 heteroatoms. The lowest BCUT2D eigenvalue weighted by atomic mass is 9.97. The molecule has 2 N–H and O–H groups in total. The summed E-state index contributed by atoms with van der Waals surface area (Å²) in [5.41, 5.74) is 1.19. The lowest BCUT2D eigenvalue weighted by molar-refractivity contribution is 0.00222. The Hall–Kier alpha value is -1.20. The molecular formula is C19H28N2O2S. The largest absolute Gasteiger partial charge is 0.373 e. The van der Waals surface area contributed by atoms with E-state index in [-0.39, 0.29) is 18.2 Å². The molecule has 4 atom stereocenters. The number of carbonyl (C=O) groups excluding carboxylic acids is 1. The molecule has 1 saturated heterocycles. The number of hydrogen-bond acceptors (Lipinski definition) is 3. The second-order valence-corrected chi connectivity index (χ2v) is 8.27. The first-order valence-corrected chi connectivity index (χ1v) is 10.1. The summed E-state index contributed by atoms with van der Waals surface area (Å²) in [5.74, 6) is 1.16. The van der Waals surface area contributed by atoms with Crippen LogP contribution >= 0.6 is 11.8 Å². The minimum atomic E-state index is -0.0131. The smallest absolute Gasteiger partial charge is 0.315 e. The molecule has 2 amide bonds. The van der Waals surface area contributed by atoms with E-state index in [4.69, 9.17) is 4.74 Å². The van der Waals surface area contributed by atoms with Crippen molar-refractivity contribution in [1.29, 1.82) is 0 Å². The quantitative estimate of drug-likeness (QED) is 0.849. The van der Waals surface area contributed by atoms with Gasteiger partial charge in [0.1, 0.15) is 0 Å². The Bertz CT molecular complexity index is 525. The van der Waals surface area contributed by atoms with E-state index < -0.39 is 0 Å². The van der Waals surface area contributed by atoms with Crippen LogP contribution in [-0.4, -0.2) is 35.7 Å². The van der Waals surface area contributed by atoms with E-state index in [2.05, 4.69) is 29.7 Å². The Balaban J connectivity index is 1.44. The number of ether oxygens (including phenoxy) is 1. The molecule has 3 rings (SSSR count). The lowest BCUT2D eigenvalue weighted by Crippen LogP contribution is -2.47. The van der Waals surface area contributed by atoms with Gasteiger partial charge in [-0.25, -0.2) is 4.79 Å². The zero-order chi connectivity index (χ0) is 16.8. The average Bonchev–Trinajstić information content (AvgIpc) is 3.03. The van der Waals surface area contributed by atoms with E-state index in [0.717, 1.165) is 31.4 Å². The van der Waals surface area contributed by atoms with Crippen LogP contribution in [0.2, 0.25) is 0 Å². The number of benzene rings is 1. The first-order valence-electron chi connectivity index (χ1n) is 9.09. The predicted molar refractivity (Wildman–Crippen MR) is 99.4 cm³/mol. The topological polar surface area (TPSA) is 50.4 Å². The fourth-order valence-electron chi connectivity index (χ4n) is 3.70. The summed E-state index contributed by atoms with van der Waals surface area (Å²) in [6.45, 7) is 2.90. The Kier molecular flexibility index (Phi) is 6.44. The summed E-state index contributed by atoms with van der Waals surface area (Å²) in [7, 11) is 0. The number of hydrogen-bond donors (Lipinski definition) is 2. The number of urea groups is 1. The molecule has 0 radical (unpaired) electrons. The van der Waals surface area contributed by atoms with Crippen LogP contribution < -0.4 is 10.6 Å². The molecular weight excluding hydrogens is 320 g/mol. The summed E-state index contributed by atoms with van der Waals surface area (Å²) in [5, 5.41) is 7.03. The molecule has 1 heterocycles. The molecule has 1 aromatic carbocycles. The second-order valence-electron chi connectivity index (χ2n) is 6.70. The molecule has 1 aliphatic carbocycles. The fourth-order valence-corrected chi connectivity index (χ4v) is 4.84. The maximum atomic E-state index is 12.3. The SMILES string of the molecule is CCSC1CCC(NC(=O)NC2CCOC(c3ccccc3)C2)C1. The van der Waals surface area contributed by atoms with Gasteiger partial charge >= 0.3 is 6.03 Å². The van der Waals surface area contributed by atoms with Gasteiger partial charge in [0.15, 0.2) is 0 Å². The van der Waals surface area contributed by atoms with Crippen LogP contribution in [0.4, 0.5) is 4.79 Å². The van der Waals surface area contributed by atoms with Gasteiger partial charge in [0, 0.05) is 23.9 Å². The van der Waals surface area contributed by atoms with Gasteiger partial charge in [0.2, 0.25) is 0 Å². The molecule has 1 aliphatic heterocycles. The monoisotopic (exact) mass is 348 g/mol. The summed E-state index contributed by atoms with van der Waals surface area (Å²) in [6.07, 6.45) is 5.24. The van der Waals surface area contributed by atoms with Crippen molar-refractivity contribution in [2.75, 3.05) is 12.4 Å². The maximum Gasteiger partial charge on any atom is 0.315 e. The first-order chi connectivity index (χ1) is 11.7. The first kappa shape index (κ1) is 17.6. The van der Waals surface area contributed by atoms with Crippen LogP contribution in [-0.2, 0) is 4.74 Å². The molecule has 24 heavy (non-hydrogen) atoms. The standard InChI is InChI=1S/C19H28N2O2S/c1-2-24-17-9-8-15(12-17)20-19(22)21-16-10-11-23-18(13-16)14-6-4-3-5-7-14/h3-7,15-18H,2,8-13H2,1H3,(H2,20,21,22). The van der Waals surface area contributed by atoms with E-state index in [1.54, 1.807) is 0 Å². The van der Waals surface area contributed by atoms with Crippen molar-refractivity contribution < 1.29 is 9.53 Å². The molecule has 132 valence electrons. The highest BCUT2D eigenvalue weighted by molar-refractivity contribution is 7.99. The molecule has 1 aromatic rings. The van der Waals surface area contributed by atoms with Crippen LogP contribution in [0.25, 0.3) is 0 Å². The number of carbonyl (C=O) groups is 1. The molecule has 0 spiro atoms. The normalized spacial score (nSPS) is 30.0. The predicted octanol–water partition coefficient (Wildman–Crippen LogP) is 3.88. The Labute approximate surface area is 149 Å². The summed E-state index contributed by atoms with van der Waals surface area (Å²) in [4.78, 5) is 12.3. The molecule has 0 bridgehead atoms. The van der Waals surface area contributed by atoms with Gasteiger partial charge in [-0.2, -0.15) is 11.8 Å². The van der Waals surface area contributed by atoms with Gasteiger partial charge in [-0.05, 0) is 43.4 Å². The summed E-state index contributed by atoms with van der Waals surface area (Å²) < 4.78 is 5.88. The van der Waals surface area contributed by atoms with Crippen LogP contribution in [0.5, 0.6) is 0 Å². The van der Waals surface area contributed by atoms with Gasteiger partial charge in [0.05, 0.1) is 6.10 Å². The van der Waals surface area contributed by atoms with Gasteiger partial charge in [-0.3, -0.25) is 0 Å². The van der Waals surface area contributed by atoms with Crippen LogP contribution in [0.15, 0.2) is 30.3 Å². The van der Waals surface area contributed by atoms with Crippen molar-refractivity contribution >= 4 is 17.8 Å². The summed E-state index contributed by atoms with van der Waals surface area (Å²) >= 11 is 2.02. The minimum absolute atomic E-state index is 0.0131. The van der Waals surface area contributed by atoms with Crippen LogP contribution in [0.1, 0.15) is 50.7 Å². The molecule has 4 nitrogen and oxygen atoms in total. The third kappa shape index (κ3) is 4.90. The van der Waals surface area contributed by atoms with E-state index >= 15 is 0 Å². The maximum absolute atomic E-state index is 12.3. The van der Waals surface area contributed by atoms with Gasteiger partial charge in [0.25, 0.3) is 0 Å². The number of amides is 2. The van der Waals surface area contributed by atoms with Crippen molar-refractivity contribution in [2.45, 2.75) is 62.5 Å². The minimum Gasteiger partial charge on any atom is -0.373 e. The van der Waals surface area contributed by atoms with Crippen molar-refractivity contribution in [3.05, 3.63) is 35.9 Å². The highest BCUT2D eigenvalue weighted by Crippen LogP contribution is 2.30. The second kappa shape index (κ2) is 8.77. The number of rotatable bonds is 5. The highest BCUT2D eigenvalue weighted by atomic mass is 32.2. The van der Waals surface area contributed by atoms with Crippen molar-refractivity contribution in [2.24, 2.45) is 0 Å². The molecule has 0 aromatic heterocycles. The fraction of sp³-hybridized carbons (Fsp3) is 0.632. The zero-order valence-electron chi connectivity index (χ0n) is 14.4. The zero-order valence-corrected chi connectivity index (χ0v) is 15.2. The van der Waals surface area contributed by atoms with E-state index in [0.29, 0.717) is 17.9 Å². The molecule has 1 saturated carbocycles. The summed E-state index contributed by atoms with van der Waals surface area (Å²) in [6, 6.07) is 10.8. The molecule has 2 aliphatic rings. The van der Waals surface area contributed by atoms with Crippen molar-refractivity contribution in [3.8, 4) is 0 Å². The van der Waals surface area contributed by atoms with E-state index in [9.17, 15) is 4.79 Å². The Morgan fingerprint density at radius 3 is 2.62 bits per heavy atom. The number of nitrogens with one attached hydrogen (secondary N) is 2. The van der Waals surface area contributed by atoms with E-state index in [1.807, 2.05) is 30.0 Å².